The molecule has 136 valence electrons. The maximum atomic E-state index is 12.2. The fourth-order valence-corrected chi connectivity index (χ4v) is 2.57. The Labute approximate surface area is 168 Å². The Hall–Kier alpha value is -2.62. The molecule has 0 aromatic heterocycles. The molecule has 0 aliphatic carbocycles. The van der Waals surface area contributed by atoms with Crippen molar-refractivity contribution in [1.29, 1.82) is 0 Å². The van der Waals surface area contributed by atoms with Crippen LogP contribution in [0.4, 0.5) is 5.69 Å². The van der Waals surface area contributed by atoms with Gasteiger partial charge in [-0.15, -0.1) is 24.0 Å². The number of hydrogen-bond acceptors (Lipinski definition) is 4. The van der Waals surface area contributed by atoms with Crippen LogP contribution in [-0.4, -0.2) is 42.9 Å². The molecule has 0 bridgehead atoms. The van der Waals surface area contributed by atoms with Crippen LogP contribution in [-0.2, 0) is 0 Å². The van der Waals surface area contributed by atoms with Gasteiger partial charge in [0.2, 0.25) is 0 Å². The SMILES string of the molecule is COc1ccc(NC(N)=NCCN2C(=O)c3ccccc3C2=O)cc1.I. The van der Waals surface area contributed by atoms with Crippen molar-refractivity contribution in [3.05, 3.63) is 59.7 Å². The summed E-state index contributed by atoms with van der Waals surface area (Å²) in [5.41, 5.74) is 7.46. The number of nitrogens with one attached hydrogen (secondary N) is 1. The fourth-order valence-electron chi connectivity index (χ4n) is 2.57. The molecule has 1 aliphatic rings. The van der Waals surface area contributed by atoms with Gasteiger partial charge in [-0.25, -0.2) is 0 Å². The minimum absolute atomic E-state index is 0. The van der Waals surface area contributed by atoms with E-state index in [-0.39, 0.29) is 54.8 Å². The number of rotatable bonds is 5. The van der Waals surface area contributed by atoms with E-state index in [9.17, 15) is 9.59 Å². The van der Waals surface area contributed by atoms with E-state index in [1.165, 1.54) is 4.90 Å². The first-order chi connectivity index (χ1) is 12.1. The highest BCUT2D eigenvalue weighted by atomic mass is 127. The lowest BCUT2D eigenvalue weighted by Crippen LogP contribution is -2.33. The molecule has 8 heteroatoms. The molecule has 1 heterocycles. The van der Waals surface area contributed by atoms with Gasteiger partial charge in [-0.3, -0.25) is 19.5 Å². The Morgan fingerprint density at radius 1 is 1.08 bits per heavy atom. The van der Waals surface area contributed by atoms with Gasteiger partial charge in [0.1, 0.15) is 5.75 Å². The maximum absolute atomic E-state index is 12.2. The number of ether oxygens (including phenoxy) is 1. The first kappa shape index (κ1) is 19.7. The van der Waals surface area contributed by atoms with Crippen molar-refractivity contribution in [1.82, 2.24) is 4.90 Å². The Balaban J connectivity index is 0.00000243. The van der Waals surface area contributed by atoms with E-state index in [0.29, 0.717) is 11.1 Å². The largest absolute Gasteiger partial charge is 0.497 e. The zero-order chi connectivity index (χ0) is 17.8. The minimum atomic E-state index is -0.294. The van der Waals surface area contributed by atoms with E-state index in [2.05, 4.69) is 10.3 Å². The first-order valence-electron chi connectivity index (χ1n) is 7.76. The number of fused-ring (bicyclic) bond motifs is 1. The van der Waals surface area contributed by atoms with Crippen molar-refractivity contribution in [2.45, 2.75) is 0 Å². The normalized spacial score (nSPS) is 13.3. The number of guanidine groups is 1. The van der Waals surface area contributed by atoms with Crippen LogP contribution >= 0.6 is 24.0 Å². The van der Waals surface area contributed by atoms with Crippen molar-refractivity contribution < 1.29 is 14.3 Å². The molecule has 0 spiro atoms. The number of methoxy groups -OCH3 is 1. The second-order valence-electron chi connectivity index (χ2n) is 5.43. The number of hydrogen-bond donors (Lipinski definition) is 2. The Morgan fingerprint density at radius 3 is 2.19 bits per heavy atom. The molecule has 0 unspecified atom stereocenters. The molecular formula is C18H19IN4O3. The van der Waals surface area contributed by atoms with Crippen LogP contribution in [0.15, 0.2) is 53.5 Å². The molecule has 26 heavy (non-hydrogen) atoms. The summed E-state index contributed by atoms with van der Waals surface area (Å²) in [6.45, 7) is 0.401. The van der Waals surface area contributed by atoms with Gasteiger partial charge in [0.15, 0.2) is 5.96 Å². The molecule has 0 fully saturated rings. The summed E-state index contributed by atoms with van der Waals surface area (Å²) >= 11 is 0. The van der Waals surface area contributed by atoms with Crippen LogP contribution in [0, 0.1) is 0 Å². The molecule has 3 rings (SSSR count). The van der Waals surface area contributed by atoms with Crippen LogP contribution in [0.25, 0.3) is 0 Å². The summed E-state index contributed by atoms with van der Waals surface area (Å²) < 4.78 is 5.08. The van der Waals surface area contributed by atoms with Gasteiger partial charge >= 0.3 is 0 Å². The van der Waals surface area contributed by atoms with E-state index in [1.807, 2.05) is 12.1 Å². The number of amides is 2. The summed E-state index contributed by atoms with van der Waals surface area (Å²) in [6, 6.07) is 14.0. The van der Waals surface area contributed by atoms with Crippen molar-refractivity contribution in [2.75, 3.05) is 25.5 Å². The number of nitrogens with two attached hydrogens (primary N) is 1. The number of imide groups is 1. The molecular weight excluding hydrogens is 447 g/mol. The van der Waals surface area contributed by atoms with E-state index in [0.717, 1.165) is 11.4 Å². The van der Waals surface area contributed by atoms with Crippen molar-refractivity contribution in [3.8, 4) is 5.75 Å². The number of halogens is 1. The highest BCUT2D eigenvalue weighted by Gasteiger charge is 2.34. The molecule has 2 aromatic rings. The van der Waals surface area contributed by atoms with Gasteiger partial charge < -0.3 is 15.8 Å². The smallest absolute Gasteiger partial charge is 0.261 e. The molecule has 3 N–H and O–H groups in total. The third-order valence-corrected chi connectivity index (χ3v) is 3.85. The van der Waals surface area contributed by atoms with E-state index >= 15 is 0 Å². The fraction of sp³-hybridized carbons (Fsp3) is 0.167. The lowest BCUT2D eigenvalue weighted by Gasteiger charge is -2.12. The Morgan fingerprint density at radius 2 is 1.65 bits per heavy atom. The van der Waals surface area contributed by atoms with E-state index in [4.69, 9.17) is 10.5 Å². The number of aliphatic imine (C=N–C) groups is 1. The first-order valence-corrected chi connectivity index (χ1v) is 7.76. The van der Waals surface area contributed by atoms with Crippen molar-refractivity contribution in [2.24, 2.45) is 10.7 Å². The van der Waals surface area contributed by atoms with Crippen LogP contribution in [0.3, 0.4) is 0 Å². The molecule has 0 radical (unpaired) electrons. The predicted molar refractivity (Wildman–Crippen MR) is 110 cm³/mol. The number of carbonyl (C=O) groups excluding carboxylic acids is 2. The summed E-state index contributed by atoms with van der Waals surface area (Å²) in [7, 11) is 1.59. The molecule has 0 saturated heterocycles. The third kappa shape index (κ3) is 4.13. The monoisotopic (exact) mass is 466 g/mol. The van der Waals surface area contributed by atoms with Crippen LogP contribution in [0.1, 0.15) is 20.7 Å². The van der Waals surface area contributed by atoms with Gasteiger partial charge in [0.25, 0.3) is 11.8 Å². The molecule has 1 aliphatic heterocycles. The highest BCUT2D eigenvalue weighted by molar-refractivity contribution is 14.0. The topological polar surface area (TPSA) is 97.0 Å². The van der Waals surface area contributed by atoms with Gasteiger partial charge in [0.05, 0.1) is 24.8 Å². The third-order valence-electron chi connectivity index (χ3n) is 3.85. The number of carbonyl (C=O) groups is 2. The van der Waals surface area contributed by atoms with Crippen LogP contribution in [0.2, 0.25) is 0 Å². The van der Waals surface area contributed by atoms with Crippen molar-refractivity contribution in [3.63, 3.8) is 0 Å². The number of anilines is 1. The van der Waals surface area contributed by atoms with Crippen LogP contribution in [0.5, 0.6) is 5.75 Å². The average Bonchev–Trinajstić information content (AvgIpc) is 2.87. The predicted octanol–water partition coefficient (Wildman–Crippen LogP) is 2.34. The van der Waals surface area contributed by atoms with E-state index in [1.54, 1.807) is 43.5 Å². The Bertz CT molecular complexity index is 802. The van der Waals surface area contributed by atoms with E-state index < -0.39 is 0 Å². The Kier molecular flexibility index (Phi) is 6.56. The van der Waals surface area contributed by atoms with Crippen molar-refractivity contribution >= 4 is 47.4 Å². The molecule has 0 atom stereocenters. The second-order valence-corrected chi connectivity index (χ2v) is 5.43. The summed E-state index contributed by atoms with van der Waals surface area (Å²) in [5, 5.41) is 2.94. The average molecular weight is 466 g/mol. The summed E-state index contributed by atoms with van der Waals surface area (Å²) in [4.78, 5) is 29.8. The van der Waals surface area contributed by atoms with Gasteiger partial charge in [-0.1, -0.05) is 12.1 Å². The summed E-state index contributed by atoms with van der Waals surface area (Å²) in [6.07, 6.45) is 0. The zero-order valence-corrected chi connectivity index (χ0v) is 16.5. The highest BCUT2D eigenvalue weighted by Crippen LogP contribution is 2.21. The number of benzene rings is 2. The maximum Gasteiger partial charge on any atom is 0.261 e. The molecule has 7 nitrogen and oxygen atoms in total. The number of nitrogens with zero attached hydrogens (tertiary/aromatic N) is 2. The summed E-state index contributed by atoms with van der Waals surface area (Å²) in [5.74, 6) is 0.364. The van der Waals surface area contributed by atoms with Crippen LogP contribution < -0.4 is 15.8 Å². The van der Waals surface area contributed by atoms with Gasteiger partial charge in [-0.2, -0.15) is 0 Å². The second kappa shape index (κ2) is 8.65. The van der Waals surface area contributed by atoms with Gasteiger partial charge in [-0.05, 0) is 36.4 Å². The molecule has 2 amide bonds. The molecule has 0 saturated carbocycles. The minimum Gasteiger partial charge on any atom is -0.497 e. The lowest BCUT2D eigenvalue weighted by molar-refractivity contribution is 0.0659. The van der Waals surface area contributed by atoms with Gasteiger partial charge in [0, 0.05) is 12.2 Å². The molecule has 2 aromatic carbocycles. The quantitative estimate of drug-likeness (QED) is 0.305. The standard InChI is InChI=1S/C18H18N4O3.HI/c1-25-13-8-6-12(7-9-13)21-18(19)20-10-11-22-16(23)14-4-2-3-5-15(14)17(22)24;/h2-9H,10-11H2,1H3,(H3,19,20,21);1H. The lowest BCUT2D eigenvalue weighted by atomic mass is 10.1. The zero-order valence-electron chi connectivity index (χ0n) is 14.1.